The third-order valence-corrected chi connectivity index (χ3v) is 10.2. The van der Waals surface area contributed by atoms with E-state index in [-0.39, 0.29) is 25.8 Å². The van der Waals surface area contributed by atoms with Gasteiger partial charge in [-0.25, -0.2) is 4.57 Å². The molecule has 8 nitrogen and oxygen atoms in total. The molecule has 0 amide bonds. The van der Waals surface area contributed by atoms with Crippen LogP contribution in [-0.2, 0) is 27.9 Å². The highest BCUT2D eigenvalue weighted by Crippen LogP contribution is 2.43. The van der Waals surface area contributed by atoms with Crippen molar-refractivity contribution in [2.24, 2.45) is 0 Å². The van der Waals surface area contributed by atoms with Crippen molar-refractivity contribution in [3.63, 3.8) is 0 Å². The topological polar surface area (TPSA) is 91.3 Å². The number of rotatable bonds is 39. The van der Waals surface area contributed by atoms with Gasteiger partial charge in [0.05, 0.1) is 34.4 Å². The maximum absolute atomic E-state index is 12.6. The molecule has 9 heteroatoms. The summed E-state index contributed by atoms with van der Waals surface area (Å²) in [6.45, 7) is 5.64. The fraction of sp³-hybridized carbons (Fsp3) is 0.975. The van der Waals surface area contributed by atoms with Gasteiger partial charge in [-0.2, -0.15) is 0 Å². The van der Waals surface area contributed by atoms with E-state index in [9.17, 15) is 14.3 Å². The molecule has 0 aliphatic heterocycles. The summed E-state index contributed by atoms with van der Waals surface area (Å²) < 4.78 is 34.9. The van der Waals surface area contributed by atoms with Gasteiger partial charge in [-0.1, -0.05) is 174 Å². The second-order valence-electron chi connectivity index (χ2n) is 15.4. The van der Waals surface area contributed by atoms with Crippen LogP contribution in [0.15, 0.2) is 0 Å². The third kappa shape index (κ3) is 38.6. The van der Waals surface area contributed by atoms with Gasteiger partial charge < -0.3 is 18.9 Å². The lowest BCUT2D eigenvalue weighted by Gasteiger charge is -2.24. The number of quaternary nitrogens is 1. The van der Waals surface area contributed by atoms with E-state index >= 15 is 0 Å². The number of nitrogens with zero attached hydrogens (tertiary/aromatic N) is 1. The molecule has 1 unspecified atom stereocenters. The van der Waals surface area contributed by atoms with Crippen LogP contribution in [0.2, 0.25) is 0 Å². The Kier molecular flexibility index (Phi) is 34.2. The highest BCUT2D eigenvalue weighted by Gasteiger charge is 2.26. The molecule has 0 rings (SSSR count). The summed E-state index contributed by atoms with van der Waals surface area (Å²) >= 11 is 0. The molecule has 0 aliphatic rings. The number of likely N-dealkylation sites (N-methyl/N-ethyl adjacent to an activating group) is 1. The van der Waals surface area contributed by atoms with Crippen molar-refractivity contribution in [2.45, 2.75) is 200 Å². The molecular weight excluding hydrogens is 637 g/mol. The molecule has 0 bridgehead atoms. The lowest BCUT2D eigenvalue weighted by molar-refractivity contribution is -0.870. The van der Waals surface area contributed by atoms with Crippen LogP contribution in [0.1, 0.15) is 194 Å². The van der Waals surface area contributed by atoms with Gasteiger partial charge in [-0.15, -0.1) is 0 Å². The van der Waals surface area contributed by atoms with Crippen LogP contribution in [0.4, 0.5) is 0 Å². The van der Waals surface area contributed by atoms with Crippen molar-refractivity contribution in [1.29, 1.82) is 0 Å². The van der Waals surface area contributed by atoms with Gasteiger partial charge in [0, 0.05) is 13.0 Å². The number of phosphoric acid groups is 1. The number of carbonyl (C=O) groups excluding carboxylic acids is 1. The highest BCUT2D eigenvalue weighted by molar-refractivity contribution is 7.47. The quantitative estimate of drug-likeness (QED) is 0.0292. The van der Waals surface area contributed by atoms with Gasteiger partial charge in [-0.05, 0) is 12.8 Å². The minimum Gasteiger partial charge on any atom is -0.457 e. The van der Waals surface area contributed by atoms with Crippen LogP contribution in [0.25, 0.3) is 0 Å². The smallest absolute Gasteiger partial charge is 0.457 e. The second kappa shape index (κ2) is 34.6. The van der Waals surface area contributed by atoms with E-state index in [4.69, 9.17) is 18.5 Å². The maximum atomic E-state index is 12.6. The molecule has 0 spiro atoms. The Bertz CT molecular complexity index is 761. The van der Waals surface area contributed by atoms with Gasteiger partial charge in [0.1, 0.15) is 19.3 Å². The van der Waals surface area contributed by atoms with Crippen molar-refractivity contribution in [1.82, 2.24) is 0 Å². The zero-order valence-electron chi connectivity index (χ0n) is 33.2. The van der Waals surface area contributed by atoms with Gasteiger partial charge in [0.15, 0.2) is 0 Å². The van der Waals surface area contributed by atoms with Gasteiger partial charge >= 0.3 is 13.8 Å². The average Bonchev–Trinajstić information content (AvgIpc) is 3.04. The normalized spacial score (nSPS) is 13.8. The fourth-order valence-corrected chi connectivity index (χ4v) is 6.65. The van der Waals surface area contributed by atoms with Gasteiger partial charge in [0.2, 0.25) is 0 Å². The fourth-order valence-electron chi connectivity index (χ4n) is 5.91. The Labute approximate surface area is 304 Å². The van der Waals surface area contributed by atoms with Crippen LogP contribution < -0.4 is 0 Å². The molecule has 294 valence electrons. The number of hydrogen-bond donors (Lipinski definition) is 1. The summed E-state index contributed by atoms with van der Waals surface area (Å²) in [7, 11) is 1.68. The summed E-state index contributed by atoms with van der Waals surface area (Å²) in [4.78, 5) is 22.7. The van der Waals surface area contributed by atoms with Crippen LogP contribution in [0.5, 0.6) is 0 Å². The van der Waals surface area contributed by atoms with Gasteiger partial charge in [0.25, 0.3) is 0 Å². The molecule has 0 aromatic heterocycles. The molecule has 49 heavy (non-hydrogen) atoms. The predicted molar refractivity (Wildman–Crippen MR) is 206 cm³/mol. The number of esters is 1. The van der Waals surface area contributed by atoms with E-state index in [0.717, 1.165) is 32.1 Å². The minimum absolute atomic E-state index is 0.0934. The second-order valence-corrected chi connectivity index (χ2v) is 16.8. The van der Waals surface area contributed by atoms with E-state index in [0.29, 0.717) is 24.1 Å². The molecule has 0 fully saturated rings. The number of ether oxygens (including phenoxy) is 2. The Morgan fingerprint density at radius 3 is 1.35 bits per heavy atom. The van der Waals surface area contributed by atoms with Crippen molar-refractivity contribution in [3.8, 4) is 0 Å². The molecule has 0 saturated carbocycles. The monoisotopic (exact) mass is 721 g/mol. The highest BCUT2D eigenvalue weighted by atomic mass is 31.2. The van der Waals surface area contributed by atoms with Crippen LogP contribution >= 0.6 is 7.82 Å². The Balaban J connectivity index is 4.12. The molecular formula is C40H83NO7P+. The summed E-state index contributed by atoms with van der Waals surface area (Å²) in [5.41, 5.74) is 0. The third-order valence-electron chi connectivity index (χ3n) is 9.17. The van der Waals surface area contributed by atoms with Crippen LogP contribution in [0, 0.1) is 0 Å². The summed E-state index contributed by atoms with van der Waals surface area (Å²) in [6, 6.07) is 0. The van der Waals surface area contributed by atoms with E-state index in [1.54, 1.807) is 0 Å². The van der Waals surface area contributed by atoms with Crippen molar-refractivity contribution in [3.05, 3.63) is 0 Å². The number of unbranched alkanes of at least 4 members (excludes halogenated alkanes) is 25. The first-order valence-corrected chi connectivity index (χ1v) is 22.3. The summed E-state index contributed by atoms with van der Waals surface area (Å²) in [6.07, 6.45) is 34.2. The zero-order valence-corrected chi connectivity index (χ0v) is 34.1. The SMILES string of the molecule is CCCCCCCCCCCCCCCCCCCCOC[C@H](COP(=O)(O)OCC[N+](C)(C)C)OC(=O)CCCCCCCCCCC. The van der Waals surface area contributed by atoms with Crippen molar-refractivity contribution in [2.75, 3.05) is 54.1 Å². The standard InChI is InChI=1S/C40H82NO7P/c1-6-8-10-12-14-16-17-18-19-20-21-22-23-24-26-28-30-32-35-45-37-39(38-47-49(43,44)46-36-34-41(3,4)5)48-40(42)33-31-29-27-25-15-13-11-9-7-2/h39H,6-38H2,1-5H3/p+1/t39-/m1/s1. The van der Waals surface area contributed by atoms with E-state index in [2.05, 4.69) is 13.8 Å². The first kappa shape index (κ1) is 48.5. The number of phosphoric ester groups is 1. The van der Waals surface area contributed by atoms with E-state index in [1.165, 1.54) is 141 Å². The van der Waals surface area contributed by atoms with Crippen molar-refractivity contribution < 1.29 is 37.3 Å². The molecule has 2 atom stereocenters. The van der Waals surface area contributed by atoms with E-state index in [1.807, 2.05) is 21.1 Å². The first-order chi connectivity index (χ1) is 23.6. The number of carbonyl (C=O) groups is 1. The molecule has 0 radical (unpaired) electrons. The van der Waals surface area contributed by atoms with Crippen molar-refractivity contribution >= 4 is 13.8 Å². The van der Waals surface area contributed by atoms with Crippen LogP contribution in [-0.4, -0.2) is 75.6 Å². The zero-order chi connectivity index (χ0) is 36.3. The first-order valence-electron chi connectivity index (χ1n) is 20.8. The Morgan fingerprint density at radius 1 is 0.551 bits per heavy atom. The van der Waals surface area contributed by atoms with E-state index < -0.39 is 13.9 Å². The molecule has 0 aromatic rings. The average molecular weight is 721 g/mol. The molecule has 1 N–H and O–H groups in total. The molecule has 0 aromatic carbocycles. The number of hydrogen-bond acceptors (Lipinski definition) is 6. The predicted octanol–water partition coefficient (Wildman–Crippen LogP) is 11.7. The summed E-state index contributed by atoms with van der Waals surface area (Å²) in [5.74, 6) is -0.313. The Hall–Kier alpha value is -0.500. The minimum atomic E-state index is -4.26. The maximum Gasteiger partial charge on any atom is 0.472 e. The Morgan fingerprint density at radius 2 is 0.939 bits per heavy atom. The molecule has 0 saturated heterocycles. The lowest BCUT2D eigenvalue weighted by atomic mass is 10.0. The molecule has 0 aliphatic carbocycles. The lowest BCUT2D eigenvalue weighted by Crippen LogP contribution is -2.37. The van der Waals surface area contributed by atoms with Gasteiger partial charge in [-0.3, -0.25) is 13.8 Å². The van der Waals surface area contributed by atoms with Crippen LogP contribution in [0.3, 0.4) is 0 Å². The molecule has 0 heterocycles. The summed E-state index contributed by atoms with van der Waals surface area (Å²) in [5, 5.41) is 0. The largest absolute Gasteiger partial charge is 0.472 e.